The Morgan fingerprint density at radius 2 is 0.831 bits per heavy atom. The van der Waals surface area contributed by atoms with E-state index in [9.17, 15) is 19.4 Å². The van der Waals surface area contributed by atoms with Gasteiger partial charge in [0.2, 0.25) is 5.91 Å². The van der Waals surface area contributed by atoms with Crippen molar-refractivity contribution in [2.75, 3.05) is 40.9 Å². The summed E-state index contributed by atoms with van der Waals surface area (Å²) in [5, 5.41) is 13.9. The summed E-state index contributed by atoms with van der Waals surface area (Å²) in [6, 6.07) is -0.881. The predicted octanol–water partition coefficient (Wildman–Crippen LogP) is 16.4. The van der Waals surface area contributed by atoms with Crippen LogP contribution in [-0.4, -0.2) is 68.5 Å². The van der Waals surface area contributed by atoms with Crippen molar-refractivity contribution in [2.24, 2.45) is 0 Å². The third-order valence-corrected chi connectivity index (χ3v) is 14.2. The van der Waals surface area contributed by atoms with Crippen LogP contribution in [0.3, 0.4) is 0 Å². The van der Waals surface area contributed by atoms with Crippen LogP contribution in [0.15, 0.2) is 12.2 Å². The third-order valence-electron chi connectivity index (χ3n) is 13.2. The van der Waals surface area contributed by atoms with E-state index < -0.39 is 20.0 Å². The summed E-state index contributed by atoms with van der Waals surface area (Å²) in [5.74, 6) is -0.190. The fraction of sp³-hybridized carbons (Fsp3) is 0.946. The Morgan fingerprint density at radius 3 is 1.15 bits per heavy atom. The lowest BCUT2D eigenvalue weighted by Gasteiger charge is -2.29. The molecule has 1 amide bonds. The third kappa shape index (κ3) is 50.9. The number of amides is 1. The van der Waals surface area contributed by atoms with Gasteiger partial charge in [0.1, 0.15) is 13.2 Å². The number of hydrogen-bond donors (Lipinski definition) is 2. The molecule has 0 rings (SSSR count). The molecule has 2 N–H and O–H groups in total. The van der Waals surface area contributed by atoms with Crippen molar-refractivity contribution in [3.05, 3.63) is 12.2 Å². The van der Waals surface area contributed by atoms with Gasteiger partial charge in [-0.1, -0.05) is 276 Å². The quantitative estimate of drug-likeness (QED) is 0.0272. The lowest BCUT2D eigenvalue weighted by atomic mass is 10.0. The second-order valence-electron chi connectivity index (χ2n) is 21.0. The average Bonchev–Trinajstić information content (AvgIpc) is 3.26. The van der Waals surface area contributed by atoms with Crippen molar-refractivity contribution in [1.82, 2.24) is 5.32 Å². The van der Waals surface area contributed by atoms with Gasteiger partial charge in [-0.3, -0.25) is 9.36 Å². The predicted molar refractivity (Wildman–Crippen MR) is 279 cm³/mol. The number of carbonyl (C=O) groups excluding carboxylic acids is 1. The number of likely N-dealkylation sites (N-methyl/N-ethyl adjacent to an activating group) is 1. The van der Waals surface area contributed by atoms with Gasteiger partial charge in [-0.05, 0) is 19.3 Å². The molecule has 65 heavy (non-hydrogen) atoms. The number of quaternary nitrogens is 1. The first kappa shape index (κ1) is 64.2. The van der Waals surface area contributed by atoms with Crippen LogP contribution in [0.5, 0.6) is 0 Å². The molecule has 0 aliphatic carbocycles. The zero-order valence-corrected chi connectivity index (χ0v) is 45.1. The maximum atomic E-state index is 13.0. The van der Waals surface area contributed by atoms with Crippen molar-refractivity contribution in [3.8, 4) is 0 Å². The van der Waals surface area contributed by atoms with Crippen LogP contribution in [0.25, 0.3) is 0 Å². The van der Waals surface area contributed by atoms with E-state index >= 15 is 0 Å². The summed E-state index contributed by atoms with van der Waals surface area (Å²) >= 11 is 0. The molecule has 0 aromatic carbocycles. The number of hydrogen-bond acceptors (Lipinski definition) is 6. The number of allylic oxidation sites excluding steroid dienone is 1. The van der Waals surface area contributed by atoms with Crippen molar-refractivity contribution in [3.63, 3.8) is 0 Å². The summed E-state index contributed by atoms with van der Waals surface area (Å²) in [7, 11) is 1.28. The lowest BCUT2D eigenvalue weighted by Crippen LogP contribution is -2.45. The zero-order valence-electron chi connectivity index (χ0n) is 44.2. The molecule has 0 aliphatic heterocycles. The van der Waals surface area contributed by atoms with Crippen LogP contribution in [0.4, 0.5) is 0 Å². The van der Waals surface area contributed by atoms with E-state index in [0.717, 1.165) is 38.5 Å². The number of nitrogens with zero attached hydrogens (tertiary/aromatic N) is 1. The molecular formula is C56H113N2O6P. The van der Waals surface area contributed by atoms with Gasteiger partial charge in [-0.15, -0.1) is 0 Å². The largest absolute Gasteiger partial charge is 0.756 e. The molecule has 0 spiro atoms. The highest BCUT2D eigenvalue weighted by Crippen LogP contribution is 2.38. The molecule has 0 radical (unpaired) electrons. The van der Waals surface area contributed by atoms with Gasteiger partial charge < -0.3 is 28.8 Å². The molecule has 0 aromatic heterocycles. The van der Waals surface area contributed by atoms with Gasteiger partial charge in [0, 0.05) is 6.42 Å². The van der Waals surface area contributed by atoms with E-state index in [1.807, 2.05) is 27.2 Å². The highest BCUT2D eigenvalue weighted by Gasteiger charge is 2.23. The molecule has 8 nitrogen and oxygen atoms in total. The first-order valence-corrected chi connectivity index (χ1v) is 30.0. The number of unbranched alkanes of at least 4 members (excludes halogenated alkanes) is 40. The molecule has 388 valence electrons. The number of carbonyl (C=O) groups is 1. The second-order valence-corrected chi connectivity index (χ2v) is 22.4. The molecule has 0 saturated heterocycles. The monoisotopic (exact) mass is 941 g/mol. The summed E-state index contributed by atoms with van der Waals surface area (Å²) in [6.07, 6.45) is 58.6. The van der Waals surface area contributed by atoms with E-state index in [-0.39, 0.29) is 19.1 Å². The maximum Gasteiger partial charge on any atom is 0.268 e. The van der Waals surface area contributed by atoms with Crippen LogP contribution in [0, 0.1) is 0 Å². The Hall–Kier alpha value is -0.760. The normalized spacial score (nSPS) is 14.0. The summed E-state index contributed by atoms with van der Waals surface area (Å²) < 4.78 is 23.3. The standard InChI is InChI=1S/C56H113N2O6P/c1-6-8-10-12-14-16-18-20-22-24-25-26-27-28-29-30-31-32-34-36-38-40-42-44-46-48-50-56(60)57-54(53-64-65(61,62)63-52-51-58(3,4)5)55(59)49-47-45-43-41-39-37-35-33-23-21-19-17-15-13-11-9-7-2/h47,49,54-55,59H,6-46,48,50-53H2,1-5H3,(H-,57,60,61,62)/b49-47+. The number of phosphoric ester groups is 1. The topological polar surface area (TPSA) is 108 Å². The summed E-state index contributed by atoms with van der Waals surface area (Å²) in [5.41, 5.74) is 0. The molecule has 0 heterocycles. The van der Waals surface area contributed by atoms with Crippen LogP contribution >= 0.6 is 7.82 Å². The van der Waals surface area contributed by atoms with E-state index in [4.69, 9.17) is 9.05 Å². The van der Waals surface area contributed by atoms with E-state index in [1.54, 1.807) is 6.08 Å². The number of aliphatic hydroxyl groups is 1. The molecule has 0 fully saturated rings. The van der Waals surface area contributed by atoms with Gasteiger partial charge in [0.05, 0.1) is 39.9 Å². The molecule has 3 unspecified atom stereocenters. The first-order chi connectivity index (χ1) is 31.5. The van der Waals surface area contributed by atoms with Crippen molar-refractivity contribution in [1.29, 1.82) is 0 Å². The minimum absolute atomic E-state index is 0.00260. The number of aliphatic hydroxyl groups excluding tert-OH is 1. The fourth-order valence-corrected chi connectivity index (χ4v) is 9.47. The van der Waals surface area contributed by atoms with Gasteiger partial charge in [-0.25, -0.2) is 0 Å². The zero-order chi connectivity index (χ0) is 47.8. The van der Waals surface area contributed by atoms with Crippen molar-refractivity contribution < 1.29 is 32.9 Å². The minimum Gasteiger partial charge on any atom is -0.756 e. The first-order valence-electron chi connectivity index (χ1n) is 28.6. The highest BCUT2D eigenvalue weighted by molar-refractivity contribution is 7.45. The number of rotatable bonds is 53. The Labute approximate surface area is 405 Å². The van der Waals surface area contributed by atoms with Crippen LogP contribution < -0.4 is 10.2 Å². The van der Waals surface area contributed by atoms with Gasteiger partial charge in [-0.2, -0.15) is 0 Å². The summed E-state index contributed by atoms with van der Waals surface area (Å²) in [6.45, 7) is 4.70. The fourth-order valence-electron chi connectivity index (χ4n) is 8.74. The number of nitrogens with one attached hydrogen (secondary N) is 1. The molecule has 0 saturated carbocycles. The molecule has 3 atom stereocenters. The van der Waals surface area contributed by atoms with Crippen molar-refractivity contribution >= 4 is 13.7 Å². The highest BCUT2D eigenvalue weighted by atomic mass is 31.2. The van der Waals surface area contributed by atoms with Gasteiger partial charge in [0.15, 0.2) is 0 Å². The Kier molecular flexibility index (Phi) is 47.7. The summed E-state index contributed by atoms with van der Waals surface area (Å²) in [4.78, 5) is 25.5. The van der Waals surface area contributed by atoms with E-state index in [2.05, 4.69) is 19.2 Å². The Morgan fingerprint density at radius 1 is 0.523 bits per heavy atom. The average molecular weight is 942 g/mol. The van der Waals surface area contributed by atoms with Crippen LogP contribution in [-0.2, 0) is 18.4 Å². The minimum atomic E-state index is -4.59. The molecule has 9 heteroatoms. The maximum absolute atomic E-state index is 13.0. The van der Waals surface area contributed by atoms with E-state index in [1.165, 1.54) is 231 Å². The van der Waals surface area contributed by atoms with Crippen molar-refractivity contribution in [2.45, 2.75) is 302 Å². The number of phosphoric acid groups is 1. The molecule has 0 aromatic rings. The molecule has 0 aliphatic rings. The lowest BCUT2D eigenvalue weighted by molar-refractivity contribution is -0.870. The van der Waals surface area contributed by atoms with Crippen LogP contribution in [0.2, 0.25) is 0 Å². The molecule has 0 bridgehead atoms. The molecular weight excluding hydrogens is 828 g/mol. The van der Waals surface area contributed by atoms with E-state index in [0.29, 0.717) is 17.4 Å². The Bertz CT molecular complexity index is 1070. The van der Waals surface area contributed by atoms with Crippen LogP contribution in [0.1, 0.15) is 290 Å². The Balaban J connectivity index is 4.13. The second kappa shape index (κ2) is 48.3. The van der Waals surface area contributed by atoms with Gasteiger partial charge >= 0.3 is 0 Å². The smallest absolute Gasteiger partial charge is 0.268 e. The van der Waals surface area contributed by atoms with Gasteiger partial charge in [0.25, 0.3) is 7.82 Å². The SMILES string of the molecule is CCCCCCCCCCCCCCCCC/C=C/C(O)C(COP(=O)([O-])OCC[N+](C)(C)C)NC(=O)CCCCCCCCCCCCCCCCCCCCCCCCCCCC.